The van der Waals surface area contributed by atoms with Gasteiger partial charge in [-0.1, -0.05) is 118 Å². The van der Waals surface area contributed by atoms with E-state index in [1.54, 1.807) is 66.8 Å². The molecule has 344 valence electrons. The standard InChI is InChI=1S/C21H14F3NOS.C21H19N3O2S2.C7H4BrF3O/c1-13(14-5-4-6-16(11-14)26-21(22,23)24)15-9-10-20-18(12-15)25-17-7-2-3-8-19(17)27-20;1-14-7-10-17(11-8-14)28(25,26)24-23-15(2)16-9-12-21-19(13-16)22-18-5-3-4-6-20(18)27-21;8-5-2-1-3-6(4-5)12-7(9,10)11/h2-12,25H,1H2;3-13,22,24H,1-2H3;1-4H/b;23-15+;. The molecule has 18 heteroatoms. The van der Waals surface area contributed by atoms with Crippen LogP contribution >= 0.6 is 39.5 Å². The molecule has 0 aliphatic carbocycles. The highest BCUT2D eigenvalue weighted by Gasteiger charge is 2.32. The van der Waals surface area contributed by atoms with Crippen LogP contribution in [0, 0.1) is 6.92 Å². The molecule has 0 unspecified atom stereocenters. The molecule has 0 fully saturated rings. The second-order valence-corrected chi connectivity index (χ2v) is 19.3. The minimum atomic E-state index is -4.72. The van der Waals surface area contributed by atoms with Crippen LogP contribution in [-0.2, 0) is 10.0 Å². The first kappa shape index (κ1) is 48.6. The Kier molecular flexibility index (Phi) is 15.0. The first-order chi connectivity index (χ1) is 31.8. The van der Waals surface area contributed by atoms with E-state index in [1.165, 1.54) is 41.3 Å². The van der Waals surface area contributed by atoms with E-state index in [0.29, 0.717) is 21.3 Å². The number of alkyl halides is 6. The molecule has 0 bridgehead atoms. The van der Waals surface area contributed by atoms with Crippen molar-refractivity contribution in [2.45, 2.75) is 51.0 Å². The highest BCUT2D eigenvalue weighted by molar-refractivity contribution is 9.10. The van der Waals surface area contributed by atoms with Crippen LogP contribution < -0.4 is 24.9 Å². The van der Waals surface area contributed by atoms with Gasteiger partial charge in [0.05, 0.1) is 33.4 Å². The van der Waals surface area contributed by atoms with Crippen molar-refractivity contribution >= 4 is 83.5 Å². The summed E-state index contributed by atoms with van der Waals surface area (Å²) >= 11 is 6.40. The number of hydrogen-bond donors (Lipinski definition) is 3. The fourth-order valence-electron chi connectivity index (χ4n) is 6.37. The van der Waals surface area contributed by atoms with Gasteiger partial charge in [-0.3, -0.25) is 0 Å². The number of hydrazone groups is 1. The summed E-state index contributed by atoms with van der Waals surface area (Å²) in [5.74, 6) is -0.487. The summed E-state index contributed by atoms with van der Waals surface area (Å²) in [6.45, 7) is 7.75. The summed E-state index contributed by atoms with van der Waals surface area (Å²) in [7, 11) is -3.69. The van der Waals surface area contributed by atoms with Gasteiger partial charge in [0.15, 0.2) is 0 Å². The maximum absolute atomic E-state index is 12.5. The van der Waals surface area contributed by atoms with E-state index < -0.39 is 22.7 Å². The average Bonchev–Trinajstić information content (AvgIpc) is 3.28. The van der Waals surface area contributed by atoms with Gasteiger partial charge in [0.2, 0.25) is 0 Å². The SMILES string of the molecule is C/C(=N\NS(=O)(=O)c1ccc(C)cc1)c1ccc2c(c1)Nc1ccccc1S2.C=C(c1cccc(OC(F)(F)F)c1)c1ccc2c(c1)Nc1ccccc1S2.FC(F)(F)Oc1cccc(Br)c1. The van der Waals surface area contributed by atoms with Crippen LogP contribution in [0.2, 0.25) is 0 Å². The number of ether oxygens (including phenoxy) is 2. The number of sulfonamides is 1. The predicted octanol–water partition coefficient (Wildman–Crippen LogP) is 15.1. The number of aryl methyl sites for hydroxylation is 1. The number of nitrogens with one attached hydrogen (secondary N) is 3. The van der Waals surface area contributed by atoms with Crippen molar-refractivity contribution in [2.24, 2.45) is 5.10 Å². The number of para-hydroxylation sites is 2. The summed E-state index contributed by atoms with van der Waals surface area (Å²) in [4.78, 5) is 7.04. The number of rotatable bonds is 8. The summed E-state index contributed by atoms with van der Waals surface area (Å²) in [6, 6.07) is 46.0. The molecule has 0 aromatic heterocycles. The highest BCUT2D eigenvalue weighted by Crippen LogP contribution is 2.46. The van der Waals surface area contributed by atoms with Crippen molar-refractivity contribution in [2.75, 3.05) is 10.6 Å². The first-order valence-electron chi connectivity index (χ1n) is 19.8. The smallest absolute Gasteiger partial charge is 0.406 e. The molecule has 0 amide bonds. The molecular formula is C49H37BrF6N4O4S3. The van der Waals surface area contributed by atoms with Crippen molar-refractivity contribution in [3.63, 3.8) is 0 Å². The monoisotopic (exact) mass is 1030 g/mol. The van der Waals surface area contributed by atoms with Crippen molar-refractivity contribution < 1.29 is 44.2 Å². The lowest BCUT2D eigenvalue weighted by Crippen LogP contribution is -2.20. The Labute approximate surface area is 399 Å². The van der Waals surface area contributed by atoms with Crippen LogP contribution in [0.25, 0.3) is 5.57 Å². The van der Waals surface area contributed by atoms with Gasteiger partial charge in [0.1, 0.15) is 11.5 Å². The van der Waals surface area contributed by atoms with Gasteiger partial charge in [-0.05, 0) is 127 Å². The molecule has 67 heavy (non-hydrogen) atoms. The van der Waals surface area contributed by atoms with Crippen LogP contribution in [0.1, 0.15) is 29.2 Å². The fourth-order valence-corrected chi connectivity index (χ4v) is 9.54. The molecule has 7 aromatic rings. The van der Waals surface area contributed by atoms with Gasteiger partial charge in [0.25, 0.3) is 10.0 Å². The Morgan fingerprint density at radius 1 is 0.597 bits per heavy atom. The van der Waals surface area contributed by atoms with Crippen LogP contribution in [0.5, 0.6) is 11.5 Å². The van der Waals surface area contributed by atoms with Crippen molar-refractivity contribution in [1.82, 2.24) is 4.83 Å². The molecule has 2 aliphatic rings. The van der Waals surface area contributed by atoms with Crippen LogP contribution in [0.15, 0.2) is 198 Å². The minimum Gasteiger partial charge on any atom is -0.406 e. The zero-order chi connectivity index (χ0) is 47.9. The minimum absolute atomic E-state index is 0.190. The molecule has 0 saturated carbocycles. The van der Waals surface area contributed by atoms with E-state index in [1.807, 2.05) is 79.7 Å². The Morgan fingerprint density at radius 3 is 1.63 bits per heavy atom. The van der Waals surface area contributed by atoms with Gasteiger partial charge < -0.3 is 20.1 Å². The maximum Gasteiger partial charge on any atom is 0.573 e. The molecule has 0 atom stereocenters. The van der Waals surface area contributed by atoms with E-state index in [9.17, 15) is 34.8 Å². The van der Waals surface area contributed by atoms with Gasteiger partial charge >= 0.3 is 12.7 Å². The normalized spacial score (nSPS) is 12.6. The molecular weight excluding hydrogens is 999 g/mol. The summed E-state index contributed by atoms with van der Waals surface area (Å²) in [6.07, 6.45) is -9.35. The Hall–Kier alpha value is -6.34. The van der Waals surface area contributed by atoms with Gasteiger partial charge in [-0.2, -0.15) is 18.4 Å². The third kappa shape index (κ3) is 13.4. The quantitative estimate of drug-likeness (QED) is 0.0786. The number of anilines is 4. The van der Waals surface area contributed by atoms with Gasteiger partial charge in [0, 0.05) is 24.1 Å². The second-order valence-electron chi connectivity index (χ2n) is 14.5. The number of fused-ring (bicyclic) bond motifs is 4. The van der Waals surface area contributed by atoms with E-state index in [-0.39, 0.29) is 16.4 Å². The highest BCUT2D eigenvalue weighted by atomic mass is 79.9. The Morgan fingerprint density at radius 2 is 1.07 bits per heavy atom. The fraction of sp³-hybridized carbons (Fsp3) is 0.0816. The topological polar surface area (TPSA) is 101 Å². The van der Waals surface area contributed by atoms with Crippen molar-refractivity contribution in [1.29, 1.82) is 0 Å². The van der Waals surface area contributed by atoms with E-state index in [2.05, 4.69) is 64.7 Å². The average molecular weight is 1040 g/mol. The van der Waals surface area contributed by atoms with Crippen LogP contribution in [0.3, 0.4) is 0 Å². The number of benzene rings is 7. The molecule has 8 nitrogen and oxygen atoms in total. The Balaban J connectivity index is 0.000000161. The third-order valence-corrected chi connectivity index (χ3v) is 13.6. The molecule has 2 heterocycles. The van der Waals surface area contributed by atoms with Gasteiger partial charge in [-0.15, -0.1) is 26.3 Å². The number of nitrogens with zero attached hydrogens (tertiary/aromatic N) is 1. The molecule has 0 radical (unpaired) electrons. The summed E-state index contributed by atoms with van der Waals surface area (Å²) in [5.41, 5.74) is 8.46. The lowest BCUT2D eigenvalue weighted by molar-refractivity contribution is -0.275. The molecule has 3 N–H and O–H groups in total. The maximum atomic E-state index is 12.5. The molecule has 7 aromatic carbocycles. The van der Waals surface area contributed by atoms with Crippen molar-refractivity contribution in [3.05, 3.63) is 191 Å². The lowest BCUT2D eigenvalue weighted by Gasteiger charge is -2.21. The second kappa shape index (κ2) is 20.7. The molecule has 2 aliphatic heterocycles. The zero-order valence-electron chi connectivity index (χ0n) is 35.2. The van der Waals surface area contributed by atoms with Crippen LogP contribution in [-0.4, -0.2) is 26.9 Å². The van der Waals surface area contributed by atoms with E-state index in [4.69, 9.17) is 0 Å². The van der Waals surface area contributed by atoms with E-state index in [0.717, 1.165) is 54.1 Å². The molecule has 9 rings (SSSR count). The van der Waals surface area contributed by atoms with E-state index >= 15 is 0 Å². The summed E-state index contributed by atoms with van der Waals surface area (Å²) < 4.78 is 105. The first-order valence-corrected chi connectivity index (χ1v) is 23.8. The number of hydrogen-bond acceptors (Lipinski definition) is 9. The summed E-state index contributed by atoms with van der Waals surface area (Å²) in [5, 5.41) is 10.9. The molecule has 0 saturated heterocycles. The third-order valence-electron chi connectivity index (χ3n) is 9.59. The largest absolute Gasteiger partial charge is 0.573 e. The lowest BCUT2D eigenvalue weighted by atomic mass is 9.99. The number of halogens is 7. The van der Waals surface area contributed by atoms with Crippen LogP contribution in [0.4, 0.5) is 49.1 Å². The molecule has 0 spiro atoms. The van der Waals surface area contributed by atoms with Crippen molar-refractivity contribution in [3.8, 4) is 11.5 Å². The Bertz CT molecular complexity index is 3080. The zero-order valence-corrected chi connectivity index (χ0v) is 39.2. The predicted molar refractivity (Wildman–Crippen MR) is 256 cm³/mol. The van der Waals surface area contributed by atoms with Gasteiger partial charge in [-0.25, -0.2) is 0 Å².